The number of hydrogen-bond acceptors (Lipinski definition) is 3. The molecule has 2 N–H and O–H groups in total. The Labute approximate surface area is 189 Å². The molecule has 1 aliphatic rings. The number of benzene rings is 2. The maximum Gasteiger partial charge on any atom is 0.273 e. The number of aromatic amines is 1. The van der Waals surface area contributed by atoms with E-state index in [1.807, 2.05) is 17.9 Å². The van der Waals surface area contributed by atoms with Crippen LogP contribution in [-0.4, -0.2) is 32.7 Å². The van der Waals surface area contributed by atoms with Gasteiger partial charge in [-0.2, -0.15) is 5.10 Å². The molecule has 1 aromatic heterocycles. The third kappa shape index (κ3) is 3.45. The number of unbranched alkanes of at least 4 members (excludes halogenated alkanes) is 1. The summed E-state index contributed by atoms with van der Waals surface area (Å²) in [4.78, 5) is 15.0. The van der Waals surface area contributed by atoms with Crippen LogP contribution in [0.15, 0.2) is 30.3 Å². The summed E-state index contributed by atoms with van der Waals surface area (Å²) in [6.45, 7) is 4.48. The second-order valence-corrected chi connectivity index (χ2v) is 8.63. The molecule has 0 saturated carbocycles. The van der Waals surface area contributed by atoms with Crippen molar-refractivity contribution in [3.05, 3.63) is 67.8 Å². The van der Waals surface area contributed by atoms with E-state index in [0.717, 1.165) is 24.0 Å². The maximum atomic E-state index is 13.2. The zero-order valence-corrected chi connectivity index (χ0v) is 18.7. The smallest absolute Gasteiger partial charge is 0.273 e. The van der Waals surface area contributed by atoms with Gasteiger partial charge in [0.15, 0.2) is 0 Å². The van der Waals surface area contributed by atoms with Gasteiger partial charge in [-0.15, -0.1) is 0 Å². The first-order valence-electron chi connectivity index (χ1n) is 9.67. The van der Waals surface area contributed by atoms with E-state index in [1.54, 1.807) is 24.3 Å². The molecule has 8 heteroatoms. The average Bonchev–Trinajstić information content (AvgIpc) is 3.24. The molecule has 1 amide bonds. The number of phenolic OH excluding ortho intramolecular Hbond substituents is 1. The molecule has 1 unspecified atom stereocenters. The standard InChI is InChI=1S/C22H20Cl3N3O2/c1-3-4-7-28-21(12-5-6-14(23)16(25)9-12)18-19(26-27-20(18)22(28)30)13-10-15(24)11(2)8-17(13)29/h5-6,8-10,21,29H,3-4,7H2,1-2H3,(H,26,27). The van der Waals surface area contributed by atoms with Gasteiger partial charge in [0.25, 0.3) is 5.91 Å². The third-order valence-corrected chi connectivity index (χ3v) is 6.55. The number of aromatic hydroxyl groups is 1. The summed E-state index contributed by atoms with van der Waals surface area (Å²) in [5.74, 6) is -0.0792. The van der Waals surface area contributed by atoms with Crippen LogP contribution < -0.4 is 0 Å². The lowest BCUT2D eigenvalue weighted by Crippen LogP contribution is -2.30. The molecular weight excluding hydrogens is 445 g/mol. The summed E-state index contributed by atoms with van der Waals surface area (Å²) in [5, 5.41) is 19.2. The van der Waals surface area contributed by atoms with Crippen LogP contribution >= 0.6 is 34.8 Å². The summed E-state index contributed by atoms with van der Waals surface area (Å²) in [7, 11) is 0. The number of fused-ring (bicyclic) bond motifs is 1. The normalized spacial score (nSPS) is 15.7. The summed E-state index contributed by atoms with van der Waals surface area (Å²) in [6.07, 6.45) is 1.81. The number of rotatable bonds is 5. The predicted molar refractivity (Wildman–Crippen MR) is 120 cm³/mol. The Kier molecular flexibility index (Phi) is 5.71. The number of nitrogens with zero attached hydrogens (tertiary/aromatic N) is 2. The van der Waals surface area contributed by atoms with Crippen LogP contribution in [0.25, 0.3) is 11.3 Å². The minimum Gasteiger partial charge on any atom is -0.507 e. The van der Waals surface area contributed by atoms with Crippen LogP contribution in [0.2, 0.25) is 15.1 Å². The first-order chi connectivity index (χ1) is 14.3. The monoisotopic (exact) mass is 463 g/mol. The van der Waals surface area contributed by atoms with Gasteiger partial charge in [0, 0.05) is 22.7 Å². The van der Waals surface area contributed by atoms with Crippen LogP contribution in [-0.2, 0) is 0 Å². The zero-order valence-electron chi connectivity index (χ0n) is 16.5. The Morgan fingerprint density at radius 2 is 1.90 bits per heavy atom. The summed E-state index contributed by atoms with van der Waals surface area (Å²) < 4.78 is 0. The van der Waals surface area contributed by atoms with E-state index in [0.29, 0.717) is 44.1 Å². The van der Waals surface area contributed by atoms with Crippen molar-refractivity contribution in [2.45, 2.75) is 32.7 Å². The van der Waals surface area contributed by atoms with Crippen molar-refractivity contribution in [3.8, 4) is 17.0 Å². The number of H-pyrrole nitrogens is 1. The van der Waals surface area contributed by atoms with E-state index in [-0.39, 0.29) is 11.7 Å². The SMILES string of the molecule is CCCCN1C(=O)c2[nH]nc(-c3cc(Cl)c(C)cc3O)c2C1c1ccc(Cl)c(Cl)c1. The molecule has 1 atom stereocenters. The van der Waals surface area contributed by atoms with Crippen LogP contribution in [0.3, 0.4) is 0 Å². The Hall–Kier alpha value is -2.21. The number of aryl methyl sites for hydroxylation is 1. The number of halogens is 3. The molecule has 0 bridgehead atoms. The van der Waals surface area contributed by atoms with Crippen LogP contribution in [0.1, 0.15) is 53.0 Å². The Balaban J connectivity index is 1.91. The highest BCUT2D eigenvalue weighted by atomic mass is 35.5. The average molecular weight is 465 g/mol. The molecule has 2 heterocycles. The van der Waals surface area contributed by atoms with Gasteiger partial charge >= 0.3 is 0 Å². The molecular formula is C22H20Cl3N3O2. The number of nitrogens with one attached hydrogen (secondary N) is 1. The fourth-order valence-corrected chi connectivity index (χ4v) is 4.32. The van der Waals surface area contributed by atoms with E-state index < -0.39 is 6.04 Å². The van der Waals surface area contributed by atoms with Crippen molar-refractivity contribution in [3.63, 3.8) is 0 Å². The first kappa shape index (κ1) is 21.0. The fraction of sp³-hybridized carbons (Fsp3) is 0.273. The van der Waals surface area contributed by atoms with Crippen molar-refractivity contribution in [2.75, 3.05) is 6.54 Å². The summed E-state index contributed by atoms with van der Waals surface area (Å²) in [5.41, 5.74) is 3.66. The van der Waals surface area contributed by atoms with Crippen molar-refractivity contribution < 1.29 is 9.90 Å². The van der Waals surface area contributed by atoms with E-state index in [9.17, 15) is 9.90 Å². The fourth-order valence-electron chi connectivity index (χ4n) is 3.85. The summed E-state index contributed by atoms with van der Waals surface area (Å²) in [6, 6.07) is 8.22. The van der Waals surface area contributed by atoms with Crippen LogP contribution in [0, 0.1) is 6.92 Å². The number of carbonyl (C=O) groups excluding carboxylic acids is 1. The van der Waals surface area contributed by atoms with Gasteiger partial charge in [0.2, 0.25) is 0 Å². The molecule has 0 spiro atoms. The van der Waals surface area contributed by atoms with Gasteiger partial charge in [-0.3, -0.25) is 9.89 Å². The van der Waals surface area contributed by atoms with Crippen molar-refractivity contribution >= 4 is 40.7 Å². The highest BCUT2D eigenvalue weighted by Gasteiger charge is 2.42. The first-order valence-corrected chi connectivity index (χ1v) is 10.8. The van der Waals surface area contributed by atoms with Crippen molar-refractivity contribution in [1.29, 1.82) is 0 Å². The molecule has 156 valence electrons. The highest BCUT2D eigenvalue weighted by Crippen LogP contribution is 2.46. The zero-order chi connectivity index (χ0) is 21.6. The molecule has 2 aromatic carbocycles. The third-order valence-electron chi connectivity index (χ3n) is 5.41. The molecule has 0 saturated heterocycles. The van der Waals surface area contributed by atoms with Gasteiger partial charge in [-0.25, -0.2) is 0 Å². The number of hydrogen-bond donors (Lipinski definition) is 2. The van der Waals surface area contributed by atoms with Gasteiger partial charge in [-0.05, 0) is 48.7 Å². The predicted octanol–water partition coefficient (Wildman–Crippen LogP) is 6.40. The molecule has 30 heavy (non-hydrogen) atoms. The number of aromatic nitrogens is 2. The Bertz CT molecular complexity index is 1140. The maximum absolute atomic E-state index is 13.2. The second kappa shape index (κ2) is 8.14. The lowest BCUT2D eigenvalue weighted by atomic mass is 9.95. The molecule has 0 radical (unpaired) electrons. The lowest BCUT2D eigenvalue weighted by Gasteiger charge is -2.26. The Morgan fingerprint density at radius 3 is 2.60 bits per heavy atom. The van der Waals surface area contributed by atoms with E-state index in [2.05, 4.69) is 17.1 Å². The molecule has 1 aliphatic heterocycles. The van der Waals surface area contributed by atoms with Crippen LogP contribution in [0.5, 0.6) is 5.75 Å². The lowest BCUT2D eigenvalue weighted by molar-refractivity contribution is 0.0741. The Morgan fingerprint density at radius 1 is 1.13 bits per heavy atom. The van der Waals surface area contributed by atoms with E-state index in [4.69, 9.17) is 34.8 Å². The minimum absolute atomic E-state index is 0.0542. The van der Waals surface area contributed by atoms with E-state index >= 15 is 0 Å². The molecule has 4 rings (SSSR count). The van der Waals surface area contributed by atoms with Gasteiger partial charge < -0.3 is 10.0 Å². The molecule has 0 aliphatic carbocycles. The number of phenols is 1. The van der Waals surface area contributed by atoms with E-state index in [1.165, 1.54) is 0 Å². The topological polar surface area (TPSA) is 69.2 Å². The molecule has 5 nitrogen and oxygen atoms in total. The molecule has 3 aromatic rings. The van der Waals surface area contributed by atoms with Crippen molar-refractivity contribution in [2.24, 2.45) is 0 Å². The summed E-state index contributed by atoms with van der Waals surface area (Å²) >= 11 is 18.7. The quantitative estimate of drug-likeness (QED) is 0.459. The van der Waals surface area contributed by atoms with Crippen molar-refractivity contribution in [1.82, 2.24) is 15.1 Å². The van der Waals surface area contributed by atoms with Gasteiger partial charge in [0.05, 0.1) is 16.1 Å². The number of amides is 1. The van der Waals surface area contributed by atoms with Crippen LogP contribution in [0.4, 0.5) is 0 Å². The minimum atomic E-state index is -0.401. The number of carbonyl (C=O) groups is 1. The second-order valence-electron chi connectivity index (χ2n) is 7.41. The highest BCUT2D eigenvalue weighted by molar-refractivity contribution is 6.42. The van der Waals surface area contributed by atoms with Gasteiger partial charge in [0.1, 0.15) is 17.1 Å². The largest absolute Gasteiger partial charge is 0.507 e. The molecule has 0 fully saturated rings. The van der Waals surface area contributed by atoms with Gasteiger partial charge in [-0.1, -0.05) is 54.2 Å².